The molecule has 94 valence electrons. The summed E-state index contributed by atoms with van der Waals surface area (Å²) >= 11 is 5.38. The lowest BCUT2D eigenvalue weighted by Crippen LogP contribution is -2.19. The van der Waals surface area contributed by atoms with Gasteiger partial charge < -0.3 is 4.74 Å². The summed E-state index contributed by atoms with van der Waals surface area (Å²) in [5.74, 6) is -1.39. The largest absolute Gasteiger partial charge is 0.573 e. The number of aromatic nitrogens is 1. The first-order valence-corrected chi connectivity index (χ1v) is 4.74. The third kappa shape index (κ3) is 3.45. The maximum Gasteiger partial charge on any atom is 0.573 e. The van der Waals surface area contributed by atoms with Gasteiger partial charge in [-0.15, -0.1) is 24.8 Å². The lowest BCUT2D eigenvalue weighted by molar-refractivity contribution is -0.388. The molecule has 17 heavy (non-hydrogen) atoms. The van der Waals surface area contributed by atoms with Crippen LogP contribution in [0.2, 0.25) is 0 Å². The van der Waals surface area contributed by atoms with Gasteiger partial charge in [-0.1, -0.05) is 0 Å². The minimum Gasteiger partial charge on any atom is -0.396 e. The molecule has 0 aromatic carbocycles. The van der Waals surface area contributed by atoms with Crippen molar-refractivity contribution in [2.75, 3.05) is 0 Å². The topological polar surface area (TPSA) is 65.3 Å². The van der Waals surface area contributed by atoms with E-state index >= 15 is 0 Å². The molecule has 0 fully saturated rings. The van der Waals surface area contributed by atoms with E-state index in [0.717, 1.165) is 6.07 Å². The summed E-state index contributed by atoms with van der Waals surface area (Å²) in [5.41, 5.74) is -0.956. The molecule has 0 bridgehead atoms. The molecule has 0 saturated carbocycles. The van der Waals surface area contributed by atoms with Gasteiger partial charge in [0.2, 0.25) is 5.75 Å². The molecular formula is C8H6ClF3N2O3. The molecule has 0 spiro atoms. The summed E-state index contributed by atoms with van der Waals surface area (Å²) in [6, 6.07) is 0.886. The zero-order chi connectivity index (χ0) is 13.2. The minimum atomic E-state index is -5.04. The number of hydrogen-bond acceptors (Lipinski definition) is 4. The van der Waals surface area contributed by atoms with Crippen LogP contribution in [-0.2, 0) is 5.88 Å². The lowest BCUT2D eigenvalue weighted by Gasteiger charge is -2.12. The molecule has 0 aliphatic carbocycles. The van der Waals surface area contributed by atoms with E-state index in [9.17, 15) is 23.3 Å². The summed E-state index contributed by atoms with van der Waals surface area (Å²) in [5, 5.41) is 10.6. The lowest BCUT2D eigenvalue weighted by atomic mass is 10.2. The molecule has 0 amide bonds. The van der Waals surface area contributed by atoms with E-state index in [0.29, 0.717) is 0 Å². The van der Waals surface area contributed by atoms with Gasteiger partial charge in [-0.2, -0.15) is 0 Å². The number of ether oxygens (including phenoxy) is 1. The molecule has 0 aliphatic heterocycles. The number of nitro groups is 1. The van der Waals surface area contributed by atoms with Gasteiger partial charge in [0.15, 0.2) is 0 Å². The molecule has 1 heterocycles. The first-order valence-electron chi connectivity index (χ1n) is 4.21. The number of hydrogen-bond donors (Lipinski definition) is 0. The molecule has 0 radical (unpaired) electrons. The molecule has 0 N–H and O–H groups in total. The summed E-state index contributed by atoms with van der Waals surface area (Å²) in [7, 11) is 0. The van der Waals surface area contributed by atoms with Crippen LogP contribution >= 0.6 is 11.6 Å². The van der Waals surface area contributed by atoms with Crippen LogP contribution in [0.5, 0.6) is 5.75 Å². The van der Waals surface area contributed by atoms with Crippen LogP contribution in [0.15, 0.2) is 6.07 Å². The second-order valence-electron chi connectivity index (χ2n) is 3.00. The average molecular weight is 271 g/mol. The highest BCUT2D eigenvalue weighted by atomic mass is 35.5. The number of alkyl halides is 4. The normalized spacial score (nSPS) is 11.4. The fourth-order valence-electron chi connectivity index (χ4n) is 1.16. The summed E-state index contributed by atoms with van der Waals surface area (Å²) < 4.78 is 39.8. The molecule has 0 unspecified atom stereocenters. The molecule has 0 aliphatic rings. The predicted octanol–water partition coefficient (Wildman–Crippen LogP) is 2.94. The maximum atomic E-state index is 12.1. The highest BCUT2D eigenvalue weighted by Gasteiger charge is 2.36. The Kier molecular flexibility index (Phi) is 3.76. The number of aryl methyl sites for hydroxylation is 1. The van der Waals surface area contributed by atoms with Crippen molar-refractivity contribution in [1.82, 2.24) is 4.98 Å². The minimum absolute atomic E-state index is 0.182. The monoisotopic (exact) mass is 270 g/mol. The molecule has 1 aromatic heterocycles. The van der Waals surface area contributed by atoms with Gasteiger partial charge in [-0.05, 0) is 6.92 Å². The molecule has 0 atom stereocenters. The molecule has 1 aromatic rings. The van der Waals surface area contributed by atoms with Gasteiger partial charge in [-0.3, -0.25) is 15.1 Å². The smallest absolute Gasteiger partial charge is 0.396 e. The van der Waals surface area contributed by atoms with E-state index in [1.54, 1.807) is 0 Å². The number of halogens is 4. The van der Waals surface area contributed by atoms with Gasteiger partial charge in [0.25, 0.3) is 0 Å². The molecule has 1 rings (SSSR count). The Balaban J connectivity index is 3.37. The molecular weight excluding hydrogens is 265 g/mol. The summed E-state index contributed by atoms with van der Waals surface area (Å²) in [4.78, 5) is 13.3. The van der Waals surface area contributed by atoms with Gasteiger partial charge in [0.05, 0.1) is 10.8 Å². The van der Waals surface area contributed by atoms with Crippen molar-refractivity contribution < 1.29 is 22.8 Å². The van der Waals surface area contributed by atoms with Crippen LogP contribution < -0.4 is 4.74 Å². The van der Waals surface area contributed by atoms with E-state index < -0.39 is 28.6 Å². The number of rotatable bonds is 3. The van der Waals surface area contributed by atoms with E-state index in [1.807, 2.05) is 0 Å². The molecule has 5 nitrogen and oxygen atoms in total. The van der Waals surface area contributed by atoms with Gasteiger partial charge >= 0.3 is 12.0 Å². The SMILES string of the molecule is Cc1cc([N+](=O)[O-])c(OC(F)(F)F)c(CCl)n1. The maximum absolute atomic E-state index is 12.1. The van der Waals surface area contributed by atoms with Crippen LogP contribution in [0.4, 0.5) is 18.9 Å². The Morgan fingerprint density at radius 1 is 1.59 bits per heavy atom. The number of pyridine rings is 1. The summed E-state index contributed by atoms with van der Waals surface area (Å²) in [6.07, 6.45) is -5.04. The highest BCUT2D eigenvalue weighted by Crippen LogP contribution is 2.35. The van der Waals surface area contributed by atoms with Crippen molar-refractivity contribution >= 4 is 17.3 Å². The van der Waals surface area contributed by atoms with Crippen molar-refractivity contribution in [3.63, 3.8) is 0 Å². The van der Waals surface area contributed by atoms with Crippen molar-refractivity contribution in [3.05, 3.63) is 27.6 Å². The van der Waals surface area contributed by atoms with Gasteiger partial charge in [0.1, 0.15) is 5.69 Å². The first kappa shape index (κ1) is 13.5. The standard InChI is InChI=1S/C8H6ClF3N2O3/c1-4-2-6(14(15)16)7(5(3-9)13-4)17-8(10,11)12/h2H,3H2,1H3. The second-order valence-corrected chi connectivity index (χ2v) is 3.26. The van der Waals surface area contributed by atoms with E-state index in [-0.39, 0.29) is 11.4 Å². The van der Waals surface area contributed by atoms with Crippen LogP contribution in [-0.4, -0.2) is 16.3 Å². The quantitative estimate of drug-likeness (QED) is 0.481. The second kappa shape index (κ2) is 4.74. The van der Waals surface area contributed by atoms with Crippen molar-refractivity contribution in [1.29, 1.82) is 0 Å². The van der Waals surface area contributed by atoms with Crippen molar-refractivity contribution in [3.8, 4) is 5.75 Å². The fourth-order valence-corrected chi connectivity index (χ4v) is 1.34. The Labute approximate surface area is 98.3 Å². The first-order chi connectivity index (χ1) is 7.74. The fraction of sp³-hybridized carbons (Fsp3) is 0.375. The van der Waals surface area contributed by atoms with Crippen LogP contribution in [0.25, 0.3) is 0 Å². The van der Waals surface area contributed by atoms with E-state index in [4.69, 9.17) is 11.6 Å². The predicted molar refractivity (Wildman–Crippen MR) is 51.9 cm³/mol. The highest BCUT2D eigenvalue weighted by molar-refractivity contribution is 6.17. The molecule has 0 saturated heterocycles. The Hall–Kier alpha value is -1.57. The average Bonchev–Trinajstić information content (AvgIpc) is 2.17. The van der Waals surface area contributed by atoms with E-state index in [2.05, 4.69) is 9.72 Å². The van der Waals surface area contributed by atoms with Crippen molar-refractivity contribution in [2.45, 2.75) is 19.2 Å². The van der Waals surface area contributed by atoms with Gasteiger partial charge in [0, 0.05) is 11.8 Å². The van der Waals surface area contributed by atoms with Crippen molar-refractivity contribution in [2.24, 2.45) is 0 Å². The number of nitrogens with zero attached hydrogens (tertiary/aromatic N) is 2. The van der Waals surface area contributed by atoms with E-state index in [1.165, 1.54) is 6.92 Å². The van der Waals surface area contributed by atoms with Gasteiger partial charge in [-0.25, -0.2) is 0 Å². The third-order valence-electron chi connectivity index (χ3n) is 1.69. The van der Waals surface area contributed by atoms with Crippen LogP contribution in [0, 0.1) is 17.0 Å². The zero-order valence-electron chi connectivity index (χ0n) is 8.42. The Morgan fingerprint density at radius 3 is 2.59 bits per heavy atom. The summed E-state index contributed by atoms with van der Waals surface area (Å²) in [6.45, 7) is 1.40. The zero-order valence-corrected chi connectivity index (χ0v) is 9.17. The Morgan fingerprint density at radius 2 is 2.18 bits per heavy atom. The third-order valence-corrected chi connectivity index (χ3v) is 1.95. The van der Waals surface area contributed by atoms with Crippen LogP contribution in [0.1, 0.15) is 11.4 Å². The van der Waals surface area contributed by atoms with Crippen LogP contribution in [0.3, 0.4) is 0 Å². The molecule has 9 heteroatoms. The Bertz CT molecular complexity index is 450.